The largest absolute Gasteiger partial charge is 0.305 e. The third kappa shape index (κ3) is 2.90. The van der Waals surface area contributed by atoms with Crippen LogP contribution in [0.4, 0.5) is 8.78 Å². The topological polar surface area (TPSA) is 3.24 Å². The maximum atomic E-state index is 13.1. The van der Waals surface area contributed by atoms with Gasteiger partial charge in [0, 0.05) is 24.9 Å². The predicted molar refractivity (Wildman–Crippen MR) is 52.1 cm³/mol. The summed E-state index contributed by atoms with van der Waals surface area (Å²) >= 11 is 0. The molecule has 0 N–H and O–H groups in total. The average Bonchev–Trinajstić information content (AvgIpc) is 2.05. The molecule has 0 spiro atoms. The van der Waals surface area contributed by atoms with Gasteiger partial charge in [0.1, 0.15) is 0 Å². The van der Waals surface area contributed by atoms with Crippen molar-refractivity contribution < 1.29 is 8.78 Å². The summed E-state index contributed by atoms with van der Waals surface area (Å²) in [5, 5.41) is 0. The van der Waals surface area contributed by atoms with E-state index in [1.165, 1.54) is 0 Å². The summed E-state index contributed by atoms with van der Waals surface area (Å²) < 4.78 is 26.3. The number of hydrogen-bond donors (Lipinski definition) is 0. The van der Waals surface area contributed by atoms with Crippen molar-refractivity contribution in [3.8, 4) is 0 Å². The van der Waals surface area contributed by atoms with E-state index in [-0.39, 0.29) is 0 Å². The molecule has 2 atom stereocenters. The number of nitrogens with zero attached hydrogens (tertiary/aromatic N) is 1. The molecule has 0 aromatic heterocycles. The molecule has 0 bridgehead atoms. The van der Waals surface area contributed by atoms with Gasteiger partial charge in [-0.2, -0.15) is 0 Å². The Bertz CT molecular complexity index is 134. The Kier molecular flexibility index (Phi) is 4.82. The summed E-state index contributed by atoms with van der Waals surface area (Å²) in [5.74, 6) is -3.47. The molecule has 0 aromatic carbocycles. The molecule has 1 heterocycles. The van der Waals surface area contributed by atoms with Gasteiger partial charge < -0.3 is 4.90 Å². The van der Waals surface area contributed by atoms with E-state index in [2.05, 4.69) is 0 Å². The standard InChI is InChI=1S/C8H15F2N.C2H6/c1-6-4-11(3)5-7(2)8(6,9)10;1-2/h6-7H,4-5H2,1-3H3;1-2H3. The second kappa shape index (κ2) is 4.89. The zero-order valence-electron chi connectivity index (χ0n) is 9.27. The van der Waals surface area contributed by atoms with Crippen LogP contribution in [-0.4, -0.2) is 31.0 Å². The molecule has 2 unspecified atom stereocenters. The molecule has 1 aliphatic heterocycles. The molecule has 0 saturated carbocycles. The van der Waals surface area contributed by atoms with Gasteiger partial charge in [-0.1, -0.05) is 27.7 Å². The van der Waals surface area contributed by atoms with Crippen molar-refractivity contribution in [2.75, 3.05) is 20.1 Å². The van der Waals surface area contributed by atoms with Crippen molar-refractivity contribution in [1.82, 2.24) is 4.90 Å². The summed E-state index contributed by atoms with van der Waals surface area (Å²) in [4.78, 5) is 1.97. The summed E-state index contributed by atoms with van der Waals surface area (Å²) in [6.07, 6.45) is 0. The first-order valence-corrected chi connectivity index (χ1v) is 5.01. The van der Waals surface area contributed by atoms with E-state index >= 15 is 0 Å². The lowest BCUT2D eigenvalue weighted by Crippen LogP contribution is -2.50. The Morgan fingerprint density at radius 3 is 1.69 bits per heavy atom. The van der Waals surface area contributed by atoms with Gasteiger partial charge in [-0.15, -0.1) is 0 Å². The van der Waals surface area contributed by atoms with Crippen LogP contribution >= 0.6 is 0 Å². The average molecular weight is 193 g/mol. The van der Waals surface area contributed by atoms with E-state index in [1.54, 1.807) is 13.8 Å². The molecule has 0 aliphatic carbocycles. The van der Waals surface area contributed by atoms with E-state index in [1.807, 2.05) is 25.8 Å². The first-order valence-electron chi connectivity index (χ1n) is 5.01. The van der Waals surface area contributed by atoms with Crippen molar-refractivity contribution >= 4 is 0 Å². The molecule has 0 aromatic rings. The van der Waals surface area contributed by atoms with Crippen LogP contribution in [0.1, 0.15) is 27.7 Å². The Morgan fingerprint density at radius 2 is 1.38 bits per heavy atom. The van der Waals surface area contributed by atoms with Gasteiger partial charge in [0.25, 0.3) is 5.92 Å². The lowest BCUT2D eigenvalue weighted by atomic mass is 9.87. The minimum Gasteiger partial charge on any atom is -0.305 e. The number of alkyl halides is 2. The fraction of sp³-hybridized carbons (Fsp3) is 1.00. The van der Waals surface area contributed by atoms with Crippen LogP contribution in [0.2, 0.25) is 0 Å². The number of piperidine rings is 1. The summed E-state index contributed by atoms with van der Waals surface area (Å²) in [6, 6.07) is 0. The molecule has 1 fully saturated rings. The van der Waals surface area contributed by atoms with E-state index < -0.39 is 17.8 Å². The third-order valence-corrected chi connectivity index (χ3v) is 2.49. The summed E-state index contributed by atoms with van der Waals surface area (Å²) in [5.41, 5.74) is 0. The minimum atomic E-state index is -2.47. The van der Waals surface area contributed by atoms with Crippen molar-refractivity contribution in [2.24, 2.45) is 11.8 Å². The van der Waals surface area contributed by atoms with E-state index in [4.69, 9.17) is 0 Å². The lowest BCUT2D eigenvalue weighted by Gasteiger charge is -2.39. The molecule has 1 nitrogen and oxygen atoms in total. The molecule has 0 radical (unpaired) electrons. The summed E-state index contributed by atoms with van der Waals surface area (Å²) in [6.45, 7) is 8.26. The Balaban J connectivity index is 0.000000671. The van der Waals surface area contributed by atoms with Crippen LogP contribution in [0.25, 0.3) is 0 Å². The van der Waals surface area contributed by atoms with Gasteiger partial charge in [-0.05, 0) is 7.05 Å². The summed E-state index contributed by atoms with van der Waals surface area (Å²) in [7, 11) is 1.89. The van der Waals surface area contributed by atoms with Crippen LogP contribution < -0.4 is 0 Å². The van der Waals surface area contributed by atoms with Crippen LogP contribution in [-0.2, 0) is 0 Å². The Hall–Kier alpha value is -0.180. The third-order valence-electron chi connectivity index (χ3n) is 2.49. The van der Waals surface area contributed by atoms with Crippen molar-refractivity contribution in [3.63, 3.8) is 0 Å². The van der Waals surface area contributed by atoms with Crippen molar-refractivity contribution in [2.45, 2.75) is 33.6 Å². The van der Waals surface area contributed by atoms with Gasteiger partial charge in [0.2, 0.25) is 0 Å². The molecule has 1 rings (SSSR count). The Morgan fingerprint density at radius 1 is 1.08 bits per heavy atom. The normalized spacial score (nSPS) is 33.5. The lowest BCUT2D eigenvalue weighted by molar-refractivity contribution is -0.135. The fourth-order valence-corrected chi connectivity index (χ4v) is 1.74. The van der Waals surface area contributed by atoms with Crippen molar-refractivity contribution in [3.05, 3.63) is 0 Å². The highest BCUT2D eigenvalue weighted by molar-refractivity contribution is 4.87. The Labute approximate surface area is 80.1 Å². The van der Waals surface area contributed by atoms with Gasteiger partial charge in [0.15, 0.2) is 0 Å². The number of rotatable bonds is 0. The minimum absolute atomic E-state index is 0.503. The molecule has 1 saturated heterocycles. The zero-order valence-corrected chi connectivity index (χ0v) is 9.27. The van der Waals surface area contributed by atoms with Crippen LogP contribution in [0.15, 0.2) is 0 Å². The second-order valence-corrected chi connectivity index (χ2v) is 3.70. The van der Waals surface area contributed by atoms with Crippen LogP contribution in [0, 0.1) is 11.8 Å². The highest BCUT2D eigenvalue weighted by atomic mass is 19.3. The zero-order chi connectivity index (χ0) is 10.6. The fourth-order valence-electron chi connectivity index (χ4n) is 1.74. The molecule has 13 heavy (non-hydrogen) atoms. The van der Waals surface area contributed by atoms with Crippen LogP contribution in [0.3, 0.4) is 0 Å². The smallest absolute Gasteiger partial charge is 0.255 e. The predicted octanol–water partition coefficient (Wildman–Crippen LogP) is 2.87. The monoisotopic (exact) mass is 193 g/mol. The van der Waals surface area contributed by atoms with E-state index in [9.17, 15) is 8.78 Å². The first kappa shape index (κ1) is 12.8. The van der Waals surface area contributed by atoms with Gasteiger partial charge in [0.05, 0.1) is 0 Å². The number of halogens is 2. The molecule has 3 heteroatoms. The van der Waals surface area contributed by atoms with E-state index in [0.717, 1.165) is 0 Å². The maximum Gasteiger partial charge on any atom is 0.255 e. The molecule has 80 valence electrons. The number of likely N-dealkylation sites (tertiary alicyclic amines) is 1. The van der Waals surface area contributed by atoms with Crippen LogP contribution in [0.5, 0.6) is 0 Å². The molecule has 0 amide bonds. The van der Waals surface area contributed by atoms with E-state index in [0.29, 0.717) is 13.1 Å². The van der Waals surface area contributed by atoms with Crippen molar-refractivity contribution in [1.29, 1.82) is 0 Å². The van der Waals surface area contributed by atoms with Gasteiger partial charge in [-0.3, -0.25) is 0 Å². The SMILES string of the molecule is CC.CC1CN(C)CC(C)C1(F)F. The highest BCUT2D eigenvalue weighted by Crippen LogP contribution is 2.36. The maximum absolute atomic E-state index is 13.1. The van der Waals surface area contributed by atoms with Gasteiger partial charge in [-0.25, -0.2) is 8.78 Å². The molecule has 1 aliphatic rings. The van der Waals surface area contributed by atoms with Gasteiger partial charge >= 0.3 is 0 Å². The molecular weight excluding hydrogens is 172 g/mol. The first-order chi connectivity index (χ1) is 5.94. The highest BCUT2D eigenvalue weighted by Gasteiger charge is 2.45. The quantitative estimate of drug-likeness (QED) is 0.572. The number of hydrogen-bond acceptors (Lipinski definition) is 1. The molecular formula is C10H21F2N. The second-order valence-electron chi connectivity index (χ2n) is 3.70.